The second-order valence-electron chi connectivity index (χ2n) is 9.03. The number of benzene rings is 4. The van der Waals surface area contributed by atoms with Crippen LogP contribution in [0.3, 0.4) is 0 Å². The van der Waals surface area contributed by atoms with E-state index in [1.54, 1.807) is 18.2 Å². The minimum atomic E-state index is -4.65. The molecule has 5 rings (SSSR count). The van der Waals surface area contributed by atoms with Crippen LogP contribution in [-0.4, -0.2) is 20.8 Å². The largest absolute Gasteiger partial charge is 0.481 e. The molecule has 43 heavy (non-hydrogen) atoms. The molecular weight excluding hydrogens is 632 g/mol. The molecule has 0 unspecified atom stereocenters. The summed E-state index contributed by atoms with van der Waals surface area (Å²) in [7, 11) is 0. The average Bonchev–Trinajstić information content (AvgIpc) is 2.97. The molecule has 0 atom stereocenters. The van der Waals surface area contributed by atoms with E-state index in [1.807, 2.05) is 0 Å². The molecule has 0 amide bonds. The molecule has 0 N–H and O–H groups in total. The monoisotopic (exact) mass is 646 g/mol. The fraction of sp³-hybridized carbons (Fsp3) is 0.0690. The molecule has 4 aromatic carbocycles. The lowest BCUT2D eigenvalue weighted by atomic mass is 10.1. The van der Waals surface area contributed by atoms with E-state index in [-0.39, 0.29) is 50.3 Å². The summed E-state index contributed by atoms with van der Waals surface area (Å²) in [5.74, 6) is -0.424. The quantitative estimate of drug-likeness (QED) is 0.100. The molecule has 0 bridgehead atoms. The highest BCUT2D eigenvalue weighted by Gasteiger charge is 2.31. The fourth-order valence-electron chi connectivity index (χ4n) is 4.15. The number of alkyl halides is 3. The first-order valence-electron chi connectivity index (χ1n) is 12.2. The van der Waals surface area contributed by atoms with Gasteiger partial charge in [0.2, 0.25) is 5.75 Å². The molecule has 0 aliphatic rings. The molecule has 0 aliphatic heterocycles. The summed E-state index contributed by atoms with van der Waals surface area (Å²) < 4.78 is 47.1. The van der Waals surface area contributed by atoms with Crippen LogP contribution in [0.4, 0.5) is 18.9 Å². The highest BCUT2D eigenvalue weighted by atomic mass is 35.5. The van der Waals surface area contributed by atoms with Crippen LogP contribution in [-0.2, 0) is 12.8 Å². The summed E-state index contributed by atoms with van der Waals surface area (Å²) in [6.07, 6.45) is -3.57. The standard InChI is InChI=1S/C29H16Cl3F3N4O4/c30-20-12-18(26(25(13-20)39(41)42)43-15-16-8-9-22(31)23(32)10-16)14-36-38-27(17-4-3-5-19(11-17)29(33,34)35)37-24-7-2-1-6-21(24)28(38)40/h1-14H,15H2. The van der Waals surface area contributed by atoms with Crippen LogP contribution in [0, 0.1) is 10.1 Å². The van der Waals surface area contributed by atoms with Gasteiger partial charge in [-0.05, 0) is 48.0 Å². The van der Waals surface area contributed by atoms with Gasteiger partial charge in [0.1, 0.15) is 6.61 Å². The lowest BCUT2D eigenvalue weighted by Crippen LogP contribution is -2.20. The summed E-state index contributed by atoms with van der Waals surface area (Å²) in [5, 5.41) is 16.8. The number of nitro groups is 1. The van der Waals surface area contributed by atoms with E-state index in [0.717, 1.165) is 29.1 Å². The van der Waals surface area contributed by atoms with E-state index in [4.69, 9.17) is 39.5 Å². The molecule has 0 spiro atoms. The minimum absolute atomic E-state index is 0.00862. The van der Waals surface area contributed by atoms with Crippen LogP contribution in [0.2, 0.25) is 15.1 Å². The Morgan fingerprint density at radius 3 is 2.47 bits per heavy atom. The predicted octanol–water partition coefficient (Wildman–Crippen LogP) is 8.41. The summed E-state index contributed by atoms with van der Waals surface area (Å²) >= 11 is 18.2. The Morgan fingerprint density at radius 1 is 0.977 bits per heavy atom. The number of nitrogens with zero attached hydrogens (tertiary/aromatic N) is 4. The van der Waals surface area contributed by atoms with E-state index in [0.29, 0.717) is 10.6 Å². The molecule has 8 nitrogen and oxygen atoms in total. The number of para-hydroxylation sites is 1. The van der Waals surface area contributed by atoms with Crippen molar-refractivity contribution in [1.82, 2.24) is 9.66 Å². The highest BCUT2D eigenvalue weighted by Crippen LogP contribution is 2.35. The maximum absolute atomic E-state index is 13.5. The molecule has 0 fully saturated rings. The van der Waals surface area contributed by atoms with Gasteiger partial charge in [-0.3, -0.25) is 14.9 Å². The van der Waals surface area contributed by atoms with Crippen LogP contribution in [0.5, 0.6) is 5.75 Å². The van der Waals surface area contributed by atoms with Gasteiger partial charge in [0.25, 0.3) is 5.56 Å². The Bertz CT molecular complexity index is 1980. The van der Waals surface area contributed by atoms with Gasteiger partial charge in [0, 0.05) is 22.2 Å². The molecule has 0 saturated heterocycles. The van der Waals surface area contributed by atoms with Crippen molar-refractivity contribution in [2.75, 3.05) is 0 Å². The number of aromatic nitrogens is 2. The molecule has 5 aromatic rings. The van der Waals surface area contributed by atoms with Gasteiger partial charge < -0.3 is 4.74 Å². The van der Waals surface area contributed by atoms with Crippen molar-refractivity contribution in [1.29, 1.82) is 0 Å². The van der Waals surface area contributed by atoms with Crippen molar-refractivity contribution in [3.63, 3.8) is 0 Å². The maximum Gasteiger partial charge on any atom is 0.416 e. The molecule has 0 radical (unpaired) electrons. The van der Waals surface area contributed by atoms with Gasteiger partial charge in [-0.1, -0.05) is 65.1 Å². The normalized spacial score (nSPS) is 11.8. The van der Waals surface area contributed by atoms with Crippen molar-refractivity contribution < 1.29 is 22.8 Å². The van der Waals surface area contributed by atoms with Crippen LogP contribution in [0.25, 0.3) is 22.3 Å². The van der Waals surface area contributed by atoms with Crippen LogP contribution in [0.15, 0.2) is 88.8 Å². The number of ether oxygens (including phenoxy) is 1. The van der Waals surface area contributed by atoms with Gasteiger partial charge in [-0.25, -0.2) is 4.98 Å². The SMILES string of the molecule is O=c1c2ccccc2nc(-c2cccc(C(F)(F)F)c2)n1N=Cc1cc(Cl)cc([N+](=O)[O-])c1OCc1ccc(Cl)c(Cl)c1. The molecule has 1 aromatic heterocycles. The fourth-order valence-corrected chi connectivity index (χ4v) is 4.69. The first kappa shape index (κ1) is 30.0. The van der Waals surface area contributed by atoms with Crippen molar-refractivity contribution in [3.8, 4) is 17.1 Å². The summed E-state index contributed by atoms with van der Waals surface area (Å²) in [5.41, 5.74) is -1.39. The Balaban J connectivity index is 1.65. The number of fused-ring (bicyclic) bond motifs is 1. The zero-order chi connectivity index (χ0) is 30.9. The van der Waals surface area contributed by atoms with Gasteiger partial charge >= 0.3 is 11.9 Å². The van der Waals surface area contributed by atoms with E-state index < -0.39 is 27.9 Å². The molecule has 14 heteroatoms. The predicted molar refractivity (Wildman–Crippen MR) is 158 cm³/mol. The third-order valence-corrected chi connectivity index (χ3v) is 7.10. The van der Waals surface area contributed by atoms with Gasteiger partial charge in [-0.2, -0.15) is 22.9 Å². The smallest absolute Gasteiger partial charge is 0.416 e. The molecular formula is C29H16Cl3F3N4O4. The third-order valence-electron chi connectivity index (χ3n) is 6.14. The topological polar surface area (TPSA) is 99.6 Å². The third kappa shape index (κ3) is 6.48. The Labute approximate surface area is 255 Å². The number of hydrogen-bond acceptors (Lipinski definition) is 6. The lowest BCUT2D eigenvalue weighted by molar-refractivity contribution is -0.385. The molecule has 218 valence electrons. The lowest BCUT2D eigenvalue weighted by Gasteiger charge is -2.13. The zero-order valence-corrected chi connectivity index (χ0v) is 23.7. The van der Waals surface area contributed by atoms with Gasteiger partial charge in [0.15, 0.2) is 5.82 Å². The van der Waals surface area contributed by atoms with Crippen LogP contribution < -0.4 is 10.3 Å². The van der Waals surface area contributed by atoms with Crippen molar-refractivity contribution >= 4 is 57.6 Å². The van der Waals surface area contributed by atoms with E-state index in [9.17, 15) is 28.1 Å². The summed E-state index contributed by atoms with van der Waals surface area (Å²) in [6, 6.07) is 17.6. The molecule has 0 saturated carbocycles. The first-order valence-corrected chi connectivity index (χ1v) is 13.3. The summed E-state index contributed by atoms with van der Waals surface area (Å²) in [6.45, 7) is -0.160. The average molecular weight is 648 g/mol. The Kier molecular flexibility index (Phi) is 8.41. The number of halogens is 6. The van der Waals surface area contributed by atoms with E-state index in [1.165, 1.54) is 42.5 Å². The van der Waals surface area contributed by atoms with Gasteiger partial charge in [-0.15, -0.1) is 0 Å². The maximum atomic E-state index is 13.5. The first-order chi connectivity index (χ1) is 20.4. The Hall–Kier alpha value is -4.45. The molecule has 1 heterocycles. The van der Waals surface area contributed by atoms with Crippen molar-refractivity contribution in [2.24, 2.45) is 5.10 Å². The van der Waals surface area contributed by atoms with Crippen molar-refractivity contribution in [2.45, 2.75) is 12.8 Å². The van der Waals surface area contributed by atoms with Crippen LogP contribution in [0.1, 0.15) is 16.7 Å². The number of rotatable bonds is 7. The second kappa shape index (κ2) is 12.0. The second-order valence-corrected chi connectivity index (χ2v) is 10.3. The van der Waals surface area contributed by atoms with E-state index in [2.05, 4.69) is 10.1 Å². The molecule has 0 aliphatic carbocycles. The minimum Gasteiger partial charge on any atom is -0.481 e. The zero-order valence-electron chi connectivity index (χ0n) is 21.5. The number of nitro benzene ring substituents is 1. The van der Waals surface area contributed by atoms with Gasteiger partial charge in [0.05, 0.1) is 37.6 Å². The number of hydrogen-bond donors (Lipinski definition) is 0. The van der Waals surface area contributed by atoms with Crippen LogP contribution >= 0.6 is 34.8 Å². The van der Waals surface area contributed by atoms with Crippen molar-refractivity contribution in [3.05, 3.63) is 131 Å². The highest BCUT2D eigenvalue weighted by molar-refractivity contribution is 6.42. The summed E-state index contributed by atoms with van der Waals surface area (Å²) in [4.78, 5) is 29.1. The Morgan fingerprint density at radius 2 is 1.74 bits per heavy atom. The van der Waals surface area contributed by atoms with E-state index >= 15 is 0 Å².